The van der Waals surface area contributed by atoms with Crippen molar-refractivity contribution in [3.63, 3.8) is 0 Å². The molecule has 1 N–H and O–H groups in total. The van der Waals surface area contributed by atoms with Gasteiger partial charge in [0.25, 0.3) is 0 Å². The number of aryl methyl sites for hydroxylation is 1. The van der Waals surface area contributed by atoms with Gasteiger partial charge in [-0.15, -0.1) is 11.3 Å². The average Bonchev–Trinajstić information content (AvgIpc) is 3.18. The quantitative estimate of drug-likeness (QED) is 0.335. The molecule has 14 heteroatoms. The number of hydrogen-bond acceptors (Lipinski definition) is 6. The first-order chi connectivity index (χ1) is 11.1. The summed E-state index contributed by atoms with van der Waals surface area (Å²) in [5, 5.41) is 14.0. The normalized spacial score (nSPS) is 8.45. The van der Waals surface area contributed by atoms with Crippen LogP contribution < -0.4 is 131 Å². The molecule has 0 spiro atoms. The second kappa shape index (κ2) is 18.7. The van der Waals surface area contributed by atoms with E-state index < -0.39 is 5.97 Å². The molecule has 29 heavy (non-hydrogen) atoms. The zero-order valence-corrected chi connectivity index (χ0v) is 25.6. The molecule has 0 unspecified atom stereocenters. The monoisotopic (exact) mass is 504 g/mol. The molecule has 0 amide bonds. The summed E-state index contributed by atoms with van der Waals surface area (Å²) < 4.78 is 7.31. The Balaban J connectivity index is -0.000000521. The summed E-state index contributed by atoms with van der Waals surface area (Å²) in [6.07, 6.45) is 4.81. The molecule has 0 saturated heterocycles. The number of carbonyl (C=O) groups is 1. The van der Waals surface area contributed by atoms with E-state index >= 15 is 0 Å². The van der Waals surface area contributed by atoms with Gasteiger partial charge in [-0.05, 0) is 25.1 Å². The van der Waals surface area contributed by atoms with Crippen molar-refractivity contribution in [1.29, 1.82) is 0 Å². The SMILES string of the molecule is Cc1cnc(-c2cc(OCCn3cncn3)cc(C(=O)O)c2)s1.[Cl-].[Cl-].[Cl-].[Na+].[Na+].[Na+]. The molecule has 7 nitrogen and oxygen atoms in total. The predicted octanol–water partition coefficient (Wildman–Crippen LogP) is -15.5. The third-order valence-corrected chi connectivity index (χ3v) is 4.04. The molecular formula is C15H14Cl3N4Na3O3S. The molecule has 2 heterocycles. The minimum Gasteiger partial charge on any atom is -1.00 e. The van der Waals surface area contributed by atoms with Crippen molar-refractivity contribution >= 4 is 17.3 Å². The van der Waals surface area contributed by atoms with Crippen LogP contribution in [0.2, 0.25) is 0 Å². The standard InChI is InChI=1S/C15H14N4O3S.3ClH.3Na/c1-10-7-17-14(23-10)11-4-12(15(20)21)6-13(5-11)22-3-2-19-9-16-8-18-19;;;;;;/h4-9H,2-3H2,1H3,(H,20,21);3*1H;;;/q;;;;3*+1/p-3. The van der Waals surface area contributed by atoms with Crippen molar-refractivity contribution in [2.24, 2.45) is 0 Å². The van der Waals surface area contributed by atoms with E-state index in [-0.39, 0.29) is 131 Å². The second-order valence-electron chi connectivity index (χ2n) is 4.83. The van der Waals surface area contributed by atoms with Gasteiger partial charge < -0.3 is 47.1 Å². The Hall–Kier alpha value is 1.13. The molecule has 0 fully saturated rings. The topological polar surface area (TPSA) is 90.1 Å². The van der Waals surface area contributed by atoms with Gasteiger partial charge in [0.1, 0.15) is 30.0 Å². The number of aromatic carboxylic acids is 1. The summed E-state index contributed by atoms with van der Waals surface area (Å²) in [6.45, 7) is 2.85. The number of rotatable bonds is 6. The molecule has 0 atom stereocenters. The average molecular weight is 506 g/mol. The van der Waals surface area contributed by atoms with Crippen LogP contribution in [0.3, 0.4) is 0 Å². The molecule has 1 aromatic carbocycles. The fraction of sp³-hybridized carbons (Fsp3) is 0.200. The largest absolute Gasteiger partial charge is 1.00 e. The van der Waals surface area contributed by atoms with Crippen LogP contribution in [-0.4, -0.2) is 37.4 Å². The van der Waals surface area contributed by atoms with Crippen LogP contribution in [0.4, 0.5) is 0 Å². The van der Waals surface area contributed by atoms with Crippen molar-refractivity contribution in [3.05, 3.63) is 47.5 Å². The van der Waals surface area contributed by atoms with E-state index in [9.17, 15) is 9.90 Å². The smallest absolute Gasteiger partial charge is 1.00 e. The number of aromatic nitrogens is 4. The minimum absolute atomic E-state index is 0. The van der Waals surface area contributed by atoms with Crippen LogP contribution in [-0.2, 0) is 6.54 Å². The maximum Gasteiger partial charge on any atom is 1.00 e. The van der Waals surface area contributed by atoms with Gasteiger partial charge in [-0.2, -0.15) is 5.10 Å². The number of nitrogens with zero attached hydrogens (tertiary/aromatic N) is 4. The molecule has 2 aromatic heterocycles. The fourth-order valence-electron chi connectivity index (χ4n) is 2.02. The molecule has 0 bridgehead atoms. The van der Waals surface area contributed by atoms with E-state index in [1.54, 1.807) is 29.3 Å². The van der Waals surface area contributed by atoms with Crippen LogP contribution in [0.25, 0.3) is 10.6 Å². The molecule has 0 aliphatic rings. The van der Waals surface area contributed by atoms with Crippen molar-refractivity contribution < 1.29 is 141 Å². The Labute approximate surface area is 257 Å². The second-order valence-corrected chi connectivity index (χ2v) is 6.07. The van der Waals surface area contributed by atoms with E-state index in [0.29, 0.717) is 18.9 Å². The van der Waals surface area contributed by atoms with Gasteiger partial charge >= 0.3 is 94.6 Å². The van der Waals surface area contributed by atoms with Gasteiger partial charge in [-0.1, -0.05) is 0 Å². The summed E-state index contributed by atoms with van der Waals surface area (Å²) in [5.41, 5.74) is 0.907. The van der Waals surface area contributed by atoms with Crippen LogP contribution in [0.1, 0.15) is 15.2 Å². The summed E-state index contributed by atoms with van der Waals surface area (Å²) >= 11 is 1.51. The number of carboxylic acids is 1. The van der Waals surface area contributed by atoms with Crippen LogP contribution >= 0.6 is 11.3 Å². The van der Waals surface area contributed by atoms with Crippen LogP contribution in [0.15, 0.2) is 37.1 Å². The van der Waals surface area contributed by atoms with E-state index in [1.807, 2.05) is 6.92 Å². The Morgan fingerprint density at radius 3 is 2.38 bits per heavy atom. The van der Waals surface area contributed by atoms with Crippen molar-refractivity contribution in [2.75, 3.05) is 6.61 Å². The van der Waals surface area contributed by atoms with Gasteiger partial charge in [0, 0.05) is 16.6 Å². The van der Waals surface area contributed by atoms with E-state index in [2.05, 4.69) is 15.1 Å². The zero-order valence-electron chi connectivity index (χ0n) is 16.5. The first kappa shape index (κ1) is 37.4. The Bertz CT molecular complexity index is 841. The number of thiazole rings is 1. The molecule has 0 aliphatic carbocycles. The van der Waals surface area contributed by atoms with Crippen LogP contribution in [0, 0.1) is 6.92 Å². The zero-order chi connectivity index (χ0) is 16.2. The Morgan fingerprint density at radius 1 is 1.17 bits per heavy atom. The predicted molar refractivity (Wildman–Crippen MR) is 84.8 cm³/mol. The third-order valence-electron chi connectivity index (χ3n) is 3.08. The first-order valence-corrected chi connectivity index (χ1v) is 7.70. The van der Waals surface area contributed by atoms with Crippen LogP contribution in [0.5, 0.6) is 5.75 Å². The van der Waals surface area contributed by atoms with Gasteiger partial charge in [0.2, 0.25) is 0 Å². The summed E-state index contributed by atoms with van der Waals surface area (Å²) in [4.78, 5) is 20.5. The maximum atomic E-state index is 11.3. The Morgan fingerprint density at radius 2 is 1.86 bits per heavy atom. The number of benzene rings is 1. The first-order valence-electron chi connectivity index (χ1n) is 6.88. The van der Waals surface area contributed by atoms with Gasteiger partial charge in [-0.3, -0.25) is 0 Å². The van der Waals surface area contributed by atoms with E-state index in [1.165, 1.54) is 23.7 Å². The molecular weight excluding hydrogens is 492 g/mol. The Kier molecular flexibility index (Phi) is 24.1. The molecule has 3 aromatic rings. The van der Waals surface area contributed by atoms with E-state index in [0.717, 1.165) is 15.4 Å². The number of hydrogen-bond donors (Lipinski definition) is 1. The fourth-order valence-corrected chi connectivity index (χ4v) is 2.77. The maximum absolute atomic E-state index is 11.3. The number of carboxylic acid groups (broad SMARTS) is 1. The summed E-state index contributed by atoms with van der Waals surface area (Å²) in [5.74, 6) is -0.505. The minimum atomic E-state index is -0.999. The van der Waals surface area contributed by atoms with Crippen molar-refractivity contribution in [2.45, 2.75) is 13.5 Å². The molecule has 142 valence electrons. The third kappa shape index (κ3) is 11.5. The van der Waals surface area contributed by atoms with Crippen molar-refractivity contribution in [3.8, 4) is 16.3 Å². The number of ether oxygens (including phenoxy) is 1. The van der Waals surface area contributed by atoms with Gasteiger partial charge in [0.15, 0.2) is 0 Å². The van der Waals surface area contributed by atoms with Gasteiger partial charge in [-0.25, -0.2) is 19.4 Å². The molecule has 3 rings (SSSR count). The molecule has 0 saturated carbocycles. The summed E-state index contributed by atoms with van der Waals surface area (Å²) in [7, 11) is 0. The molecule has 0 radical (unpaired) electrons. The molecule has 0 aliphatic heterocycles. The summed E-state index contributed by atoms with van der Waals surface area (Å²) in [6, 6.07) is 4.91. The number of halogens is 3. The van der Waals surface area contributed by atoms with E-state index in [4.69, 9.17) is 4.74 Å². The van der Waals surface area contributed by atoms with Crippen molar-refractivity contribution in [1.82, 2.24) is 19.7 Å². The van der Waals surface area contributed by atoms with Gasteiger partial charge in [0.05, 0.1) is 12.1 Å².